The van der Waals surface area contributed by atoms with Crippen LogP contribution in [0.3, 0.4) is 0 Å². The summed E-state index contributed by atoms with van der Waals surface area (Å²) in [6.07, 6.45) is 1.30. The van der Waals surface area contributed by atoms with Crippen molar-refractivity contribution >= 4 is 15.9 Å². The Labute approximate surface area is 141 Å². The zero-order chi connectivity index (χ0) is 17.3. The second-order valence-electron chi connectivity index (χ2n) is 6.37. The summed E-state index contributed by atoms with van der Waals surface area (Å²) in [6.45, 7) is 5.60. The molecule has 2 fully saturated rings. The molecule has 8 nitrogen and oxygen atoms in total. The Morgan fingerprint density at radius 2 is 2.17 bits per heavy atom. The van der Waals surface area contributed by atoms with Gasteiger partial charge in [-0.2, -0.15) is 4.31 Å². The van der Waals surface area contributed by atoms with Gasteiger partial charge in [0.1, 0.15) is 5.76 Å². The maximum atomic E-state index is 12.3. The van der Waals surface area contributed by atoms with Gasteiger partial charge in [-0.3, -0.25) is 4.79 Å². The van der Waals surface area contributed by atoms with Crippen molar-refractivity contribution in [2.24, 2.45) is 0 Å². The lowest BCUT2D eigenvalue weighted by molar-refractivity contribution is -0.130. The molecule has 2 aliphatic heterocycles. The van der Waals surface area contributed by atoms with E-state index in [2.05, 4.69) is 5.16 Å². The maximum absolute atomic E-state index is 12.3. The third-order valence-electron chi connectivity index (χ3n) is 4.66. The molecule has 1 amide bonds. The highest BCUT2D eigenvalue weighted by Gasteiger charge is 2.33. The lowest BCUT2D eigenvalue weighted by Gasteiger charge is -2.20. The Morgan fingerprint density at radius 1 is 1.38 bits per heavy atom. The molecule has 0 aliphatic carbocycles. The molecule has 0 N–H and O–H groups in total. The van der Waals surface area contributed by atoms with Gasteiger partial charge in [0.25, 0.3) is 0 Å². The number of hydrogen-bond acceptors (Lipinski definition) is 6. The van der Waals surface area contributed by atoms with Crippen molar-refractivity contribution in [3.8, 4) is 0 Å². The summed E-state index contributed by atoms with van der Waals surface area (Å²) in [7, 11) is -3.24. The minimum Gasteiger partial charge on any atom is -0.371 e. The summed E-state index contributed by atoms with van der Waals surface area (Å²) >= 11 is 0. The van der Waals surface area contributed by atoms with Crippen LogP contribution in [0.1, 0.15) is 29.9 Å². The summed E-state index contributed by atoms with van der Waals surface area (Å²) in [5, 5.41) is 3.89. The molecule has 1 aromatic rings. The van der Waals surface area contributed by atoms with Crippen molar-refractivity contribution in [1.82, 2.24) is 14.4 Å². The molecule has 2 aliphatic rings. The zero-order valence-corrected chi connectivity index (χ0v) is 14.8. The summed E-state index contributed by atoms with van der Waals surface area (Å²) < 4.78 is 35.8. The quantitative estimate of drug-likeness (QED) is 0.759. The van der Waals surface area contributed by atoms with Crippen LogP contribution >= 0.6 is 0 Å². The first kappa shape index (κ1) is 17.4. The molecular weight excluding hydrogens is 334 g/mol. The van der Waals surface area contributed by atoms with E-state index in [0.29, 0.717) is 32.7 Å². The van der Waals surface area contributed by atoms with Crippen molar-refractivity contribution in [3.05, 3.63) is 17.0 Å². The molecule has 0 saturated carbocycles. The molecule has 3 heterocycles. The SMILES string of the molecule is Cc1noc(C)c1COC1CCN(C(=O)CN2CCCS2(=O)=O)C1. The summed E-state index contributed by atoms with van der Waals surface area (Å²) in [5.41, 5.74) is 1.76. The fraction of sp³-hybridized carbons (Fsp3) is 0.733. The number of sulfonamides is 1. The van der Waals surface area contributed by atoms with Crippen molar-refractivity contribution in [3.63, 3.8) is 0 Å². The number of amides is 1. The van der Waals surface area contributed by atoms with E-state index < -0.39 is 10.0 Å². The van der Waals surface area contributed by atoms with E-state index in [-0.39, 0.29) is 24.3 Å². The second kappa shape index (κ2) is 6.81. The van der Waals surface area contributed by atoms with Crippen LogP contribution in [0.25, 0.3) is 0 Å². The number of nitrogens with zero attached hydrogens (tertiary/aromatic N) is 3. The van der Waals surface area contributed by atoms with Crippen LogP contribution in [-0.2, 0) is 26.2 Å². The number of ether oxygens (including phenoxy) is 1. The Balaban J connectivity index is 1.49. The van der Waals surface area contributed by atoms with E-state index in [0.717, 1.165) is 23.4 Å². The van der Waals surface area contributed by atoms with Crippen LogP contribution in [-0.4, -0.2) is 66.7 Å². The molecule has 1 atom stereocenters. The van der Waals surface area contributed by atoms with Gasteiger partial charge in [0.2, 0.25) is 15.9 Å². The zero-order valence-electron chi connectivity index (χ0n) is 14.0. The number of hydrogen-bond donors (Lipinski definition) is 0. The highest BCUT2D eigenvalue weighted by molar-refractivity contribution is 7.89. The predicted octanol–water partition coefficient (Wildman–Crippen LogP) is 0.444. The third-order valence-corrected chi connectivity index (χ3v) is 6.56. The summed E-state index contributed by atoms with van der Waals surface area (Å²) in [5.74, 6) is 0.741. The van der Waals surface area contributed by atoms with E-state index in [1.165, 1.54) is 4.31 Å². The maximum Gasteiger partial charge on any atom is 0.237 e. The highest BCUT2D eigenvalue weighted by atomic mass is 32.2. The molecule has 0 spiro atoms. The molecule has 134 valence electrons. The number of carbonyl (C=O) groups is 1. The van der Waals surface area contributed by atoms with Gasteiger partial charge in [0.15, 0.2) is 0 Å². The average Bonchev–Trinajstić information content (AvgIpc) is 3.19. The molecule has 0 radical (unpaired) electrons. The normalized spacial score (nSPS) is 23.9. The number of carbonyl (C=O) groups excluding carboxylic acids is 1. The van der Waals surface area contributed by atoms with Gasteiger partial charge in [-0.05, 0) is 26.7 Å². The van der Waals surface area contributed by atoms with E-state index in [1.54, 1.807) is 4.90 Å². The van der Waals surface area contributed by atoms with Gasteiger partial charge < -0.3 is 14.2 Å². The topological polar surface area (TPSA) is 93.0 Å². The number of rotatable bonds is 5. The minimum atomic E-state index is -3.24. The van der Waals surface area contributed by atoms with Crippen LogP contribution < -0.4 is 0 Å². The molecule has 0 aromatic carbocycles. The van der Waals surface area contributed by atoms with Crippen LogP contribution in [0.4, 0.5) is 0 Å². The first-order valence-electron chi connectivity index (χ1n) is 8.16. The minimum absolute atomic E-state index is 0.0437. The Hall–Kier alpha value is -1.45. The van der Waals surface area contributed by atoms with E-state index in [9.17, 15) is 13.2 Å². The fourth-order valence-electron chi connectivity index (χ4n) is 3.12. The standard InChI is InChI=1S/C15H23N3O5S/c1-11-14(12(2)23-16-11)10-22-13-4-6-17(8-13)15(19)9-18-5-3-7-24(18,20)21/h13H,3-10H2,1-2H3. The molecule has 1 aromatic heterocycles. The average molecular weight is 357 g/mol. The van der Waals surface area contributed by atoms with Gasteiger partial charge in [0, 0.05) is 25.2 Å². The fourth-order valence-corrected chi connectivity index (χ4v) is 4.59. The smallest absolute Gasteiger partial charge is 0.237 e. The number of aromatic nitrogens is 1. The second-order valence-corrected chi connectivity index (χ2v) is 8.46. The van der Waals surface area contributed by atoms with Gasteiger partial charge >= 0.3 is 0 Å². The van der Waals surface area contributed by atoms with Crippen LogP contribution in [0.2, 0.25) is 0 Å². The van der Waals surface area contributed by atoms with Gasteiger partial charge in [0.05, 0.1) is 30.7 Å². The van der Waals surface area contributed by atoms with Crippen molar-refractivity contribution in [2.75, 3.05) is 31.9 Å². The van der Waals surface area contributed by atoms with Crippen LogP contribution in [0.15, 0.2) is 4.52 Å². The first-order chi connectivity index (χ1) is 11.4. The third kappa shape index (κ3) is 3.62. The van der Waals surface area contributed by atoms with Crippen LogP contribution in [0, 0.1) is 13.8 Å². The number of likely N-dealkylation sites (tertiary alicyclic amines) is 1. The molecule has 3 rings (SSSR count). The van der Waals surface area contributed by atoms with E-state index >= 15 is 0 Å². The summed E-state index contributed by atoms with van der Waals surface area (Å²) in [6, 6.07) is 0. The van der Waals surface area contributed by atoms with E-state index in [4.69, 9.17) is 9.26 Å². The molecule has 1 unspecified atom stereocenters. The van der Waals surface area contributed by atoms with Crippen molar-refractivity contribution < 1.29 is 22.5 Å². The largest absolute Gasteiger partial charge is 0.371 e. The lowest BCUT2D eigenvalue weighted by atomic mass is 10.2. The van der Waals surface area contributed by atoms with E-state index in [1.807, 2.05) is 13.8 Å². The lowest BCUT2D eigenvalue weighted by Crippen LogP contribution is -2.40. The van der Waals surface area contributed by atoms with Crippen molar-refractivity contribution in [1.29, 1.82) is 0 Å². The first-order valence-corrected chi connectivity index (χ1v) is 9.76. The van der Waals surface area contributed by atoms with Crippen LogP contribution in [0.5, 0.6) is 0 Å². The van der Waals surface area contributed by atoms with Gasteiger partial charge in [-0.15, -0.1) is 0 Å². The predicted molar refractivity (Wildman–Crippen MR) is 85.7 cm³/mol. The molecule has 24 heavy (non-hydrogen) atoms. The molecule has 0 bridgehead atoms. The monoisotopic (exact) mass is 357 g/mol. The Morgan fingerprint density at radius 3 is 2.79 bits per heavy atom. The highest BCUT2D eigenvalue weighted by Crippen LogP contribution is 2.20. The molecular formula is C15H23N3O5S. The molecule has 2 saturated heterocycles. The Kier molecular flexibility index (Phi) is 4.93. The van der Waals surface area contributed by atoms with Crippen molar-refractivity contribution in [2.45, 2.75) is 39.4 Å². The molecule has 9 heteroatoms. The Bertz CT molecular complexity index is 695. The van der Waals surface area contributed by atoms with Gasteiger partial charge in [-0.1, -0.05) is 5.16 Å². The number of aryl methyl sites for hydroxylation is 2. The van der Waals surface area contributed by atoms with Gasteiger partial charge in [-0.25, -0.2) is 8.42 Å². The summed E-state index contributed by atoms with van der Waals surface area (Å²) in [4.78, 5) is 14.0.